The molecule has 1 saturated heterocycles. The van der Waals surface area contributed by atoms with Crippen LogP contribution in [0.2, 0.25) is 0 Å². The SMILES string of the molecule is COc1ccccc1[C@@H]1Nc2ccccc2[C@@H]2OCCC[C@H]12. The number of fused-ring (bicyclic) bond motifs is 3. The zero-order valence-corrected chi connectivity index (χ0v) is 12.8. The van der Waals surface area contributed by atoms with Crippen molar-refractivity contribution in [2.75, 3.05) is 19.0 Å². The van der Waals surface area contributed by atoms with Crippen LogP contribution < -0.4 is 10.1 Å². The molecule has 0 radical (unpaired) electrons. The number of rotatable bonds is 2. The lowest BCUT2D eigenvalue weighted by Gasteiger charge is -2.43. The first-order valence-corrected chi connectivity index (χ1v) is 7.98. The van der Waals surface area contributed by atoms with Gasteiger partial charge in [-0.25, -0.2) is 0 Å². The standard InChI is InChI=1S/C19H21NO2/c1-21-17-11-5-3-8-14(17)18-15-9-6-12-22-19(15)13-7-2-4-10-16(13)20-18/h2-5,7-8,10-11,15,18-20H,6,9,12H2,1H3/t15-,18+,19+/m1/s1. The number of methoxy groups -OCH3 is 1. The van der Waals surface area contributed by atoms with Crippen molar-refractivity contribution in [1.82, 2.24) is 0 Å². The second kappa shape index (κ2) is 5.65. The number of para-hydroxylation sites is 2. The fraction of sp³-hybridized carbons (Fsp3) is 0.368. The molecule has 2 aromatic rings. The van der Waals surface area contributed by atoms with E-state index < -0.39 is 0 Å². The molecule has 0 aliphatic carbocycles. The predicted molar refractivity (Wildman–Crippen MR) is 87.2 cm³/mol. The van der Waals surface area contributed by atoms with Crippen molar-refractivity contribution >= 4 is 5.69 Å². The molecule has 22 heavy (non-hydrogen) atoms. The van der Waals surface area contributed by atoms with Crippen molar-refractivity contribution in [3.63, 3.8) is 0 Å². The molecule has 0 unspecified atom stereocenters. The first-order valence-electron chi connectivity index (χ1n) is 7.98. The molecule has 3 atom stereocenters. The van der Waals surface area contributed by atoms with Crippen LogP contribution in [0.25, 0.3) is 0 Å². The Bertz CT molecular complexity index is 670. The highest BCUT2D eigenvalue weighted by molar-refractivity contribution is 5.58. The van der Waals surface area contributed by atoms with E-state index in [0.29, 0.717) is 5.92 Å². The molecule has 2 aliphatic rings. The van der Waals surface area contributed by atoms with E-state index in [0.717, 1.165) is 18.8 Å². The van der Waals surface area contributed by atoms with Crippen molar-refractivity contribution in [3.8, 4) is 5.75 Å². The van der Waals surface area contributed by atoms with Crippen molar-refractivity contribution < 1.29 is 9.47 Å². The second-order valence-electron chi connectivity index (χ2n) is 6.05. The van der Waals surface area contributed by atoms with Gasteiger partial charge in [0, 0.05) is 29.3 Å². The Balaban J connectivity index is 1.80. The third-order valence-corrected chi connectivity index (χ3v) is 4.85. The first kappa shape index (κ1) is 13.6. The van der Waals surface area contributed by atoms with E-state index in [1.54, 1.807) is 7.11 Å². The van der Waals surface area contributed by atoms with Crippen molar-refractivity contribution in [1.29, 1.82) is 0 Å². The number of hydrogen-bond acceptors (Lipinski definition) is 3. The van der Waals surface area contributed by atoms with Gasteiger partial charge in [-0.2, -0.15) is 0 Å². The van der Waals surface area contributed by atoms with Crippen LogP contribution in [-0.2, 0) is 4.74 Å². The van der Waals surface area contributed by atoms with Crippen molar-refractivity contribution in [2.24, 2.45) is 5.92 Å². The lowest BCUT2D eigenvalue weighted by Crippen LogP contribution is -2.36. The Kier molecular flexibility index (Phi) is 3.51. The summed E-state index contributed by atoms with van der Waals surface area (Å²) in [6.07, 6.45) is 2.48. The smallest absolute Gasteiger partial charge is 0.124 e. The van der Waals surface area contributed by atoms with E-state index in [-0.39, 0.29) is 12.1 Å². The van der Waals surface area contributed by atoms with Gasteiger partial charge in [-0.3, -0.25) is 0 Å². The van der Waals surface area contributed by atoms with Crippen LogP contribution in [0.5, 0.6) is 5.75 Å². The number of benzene rings is 2. The summed E-state index contributed by atoms with van der Waals surface area (Å²) in [6, 6.07) is 17.0. The Morgan fingerprint density at radius 3 is 2.68 bits per heavy atom. The molecule has 0 saturated carbocycles. The van der Waals surface area contributed by atoms with E-state index in [1.807, 2.05) is 12.1 Å². The van der Waals surface area contributed by atoms with Crippen LogP contribution in [-0.4, -0.2) is 13.7 Å². The van der Waals surface area contributed by atoms with Crippen LogP contribution in [0.3, 0.4) is 0 Å². The van der Waals surface area contributed by atoms with Crippen LogP contribution in [0, 0.1) is 5.92 Å². The van der Waals surface area contributed by atoms with Crippen LogP contribution in [0.1, 0.15) is 36.1 Å². The minimum atomic E-state index is 0.182. The van der Waals surface area contributed by atoms with E-state index in [9.17, 15) is 0 Å². The Morgan fingerprint density at radius 2 is 1.82 bits per heavy atom. The maximum absolute atomic E-state index is 6.15. The second-order valence-corrected chi connectivity index (χ2v) is 6.05. The predicted octanol–water partition coefficient (Wildman–Crippen LogP) is 4.33. The van der Waals surface area contributed by atoms with Gasteiger partial charge in [-0.05, 0) is 25.0 Å². The summed E-state index contributed by atoms with van der Waals surface area (Å²) < 4.78 is 11.7. The number of anilines is 1. The maximum Gasteiger partial charge on any atom is 0.124 e. The van der Waals surface area contributed by atoms with Gasteiger partial charge in [0.1, 0.15) is 5.75 Å². The molecule has 2 aromatic carbocycles. The highest BCUT2D eigenvalue weighted by Crippen LogP contribution is 2.50. The fourth-order valence-electron chi connectivity index (χ4n) is 3.85. The third-order valence-electron chi connectivity index (χ3n) is 4.85. The molecule has 0 aromatic heterocycles. The molecule has 4 rings (SSSR count). The summed E-state index contributed by atoms with van der Waals surface area (Å²) in [5, 5.41) is 3.73. The lowest BCUT2D eigenvalue weighted by molar-refractivity contribution is -0.0383. The van der Waals surface area contributed by atoms with Crippen LogP contribution >= 0.6 is 0 Å². The van der Waals surface area contributed by atoms with E-state index in [1.165, 1.54) is 23.2 Å². The zero-order chi connectivity index (χ0) is 14.9. The van der Waals surface area contributed by atoms with Gasteiger partial charge < -0.3 is 14.8 Å². The molecular weight excluding hydrogens is 274 g/mol. The minimum absolute atomic E-state index is 0.182. The Hall–Kier alpha value is -2.00. The summed E-state index contributed by atoms with van der Waals surface area (Å²) in [4.78, 5) is 0. The fourth-order valence-corrected chi connectivity index (χ4v) is 3.85. The summed E-state index contributed by atoms with van der Waals surface area (Å²) in [6.45, 7) is 0.855. The van der Waals surface area contributed by atoms with E-state index >= 15 is 0 Å². The van der Waals surface area contributed by atoms with Crippen LogP contribution in [0.15, 0.2) is 48.5 Å². The summed E-state index contributed by atoms with van der Waals surface area (Å²) in [7, 11) is 1.74. The number of ether oxygens (including phenoxy) is 2. The number of hydrogen-bond donors (Lipinski definition) is 1. The minimum Gasteiger partial charge on any atom is -0.496 e. The molecule has 1 fully saturated rings. The quantitative estimate of drug-likeness (QED) is 0.894. The van der Waals surface area contributed by atoms with Crippen molar-refractivity contribution in [2.45, 2.75) is 25.0 Å². The summed E-state index contributed by atoms with van der Waals surface area (Å²) in [5.41, 5.74) is 3.69. The molecule has 0 bridgehead atoms. The molecule has 0 amide bonds. The Morgan fingerprint density at radius 1 is 1.05 bits per heavy atom. The molecule has 2 heterocycles. The van der Waals surface area contributed by atoms with E-state index in [2.05, 4.69) is 41.7 Å². The first-order chi connectivity index (χ1) is 10.9. The topological polar surface area (TPSA) is 30.5 Å². The molecule has 3 heteroatoms. The highest BCUT2D eigenvalue weighted by Gasteiger charge is 2.40. The normalized spacial score (nSPS) is 26.5. The maximum atomic E-state index is 6.15. The van der Waals surface area contributed by atoms with Gasteiger partial charge >= 0.3 is 0 Å². The van der Waals surface area contributed by atoms with Gasteiger partial charge in [0.05, 0.1) is 19.3 Å². The molecular formula is C19H21NO2. The molecule has 3 nitrogen and oxygen atoms in total. The van der Waals surface area contributed by atoms with Gasteiger partial charge in [0.25, 0.3) is 0 Å². The third kappa shape index (κ3) is 2.17. The van der Waals surface area contributed by atoms with Gasteiger partial charge in [0.15, 0.2) is 0 Å². The largest absolute Gasteiger partial charge is 0.496 e. The molecule has 114 valence electrons. The zero-order valence-electron chi connectivity index (χ0n) is 12.8. The lowest BCUT2D eigenvalue weighted by atomic mass is 9.77. The monoisotopic (exact) mass is 295 g/mol. The van der Waals surface area contributed by atoms with E-state index in [4.69, 9.17) is 9.47 Å². The summed E-state index contributed by atoms with van der Waals surface area (Å²) in [5.74, 6) is 1.39. The molecule has 0 spiro atoms. The number of nitrogens with one attached hydrogen (secondary N) is 1. The average molecular weight is 295 g/mol. The molecule has 2 aliphatic heterocycles. The highest BCUT2D eigenvalue weighted by atomic mass is 16.5. The van der Waals surface area contributed by atoms with Gasteiger partial charge in [-0.15, -0.1) is 0 Å². The average Bonchev–Trinajstić information content (AvgIpc) is 2.61. The van der Waals surface area contributed by atoms with Crippen molar-refractivity contribution in [3.05, 3.63) is 59.7 Å². The molecule has 1 N–H and O–H groups in total. The van der Waals surface area contributed by atoms with Gasteiger partial charge in [-0.1, -0.05) is 36.4 Å². The summed E-state index contributed by atoms with van der Waals surface area (Å²) >= 11 is 0. The van der Waals surface area contributed by atoms with Crippen LogP contribution in [0.4, 0.5) is 5.69 Å². The Labute approximate surface area is 131 Å². The van der Waals surface area contributed by atoms with Gasteiger partial charge in [0.2, 0.25) is 0 Å².